The zero-order valence-electron chi connectivity index (χ0n) is 15.7. The van der Waals surface area contributed by atoms with Crippen LogP contribution in [0.2, 0.25) is 5.02 Å². The third kappa shape index (κ3) is 5.06. The minimum atomic E-state index is -0.795. The fraction of sp³-hybridized carbons (Fsp3) is 0.100. The number of nitriles is 1. The van der Waals surface area contributed by atoms with Crippen molar-refractivity contribution in [3.8, 4) is 6.07 Å². The SMILES string of the molecule is Cc1nnnn1C(=Cc1ccccc1)C(=O)OCC(=O)Nc1cc(Cl)ccc1C#N. The van der Waals surface area contributed by atoms with Crippen LogP contribution in [-0.4, -0.2) is 38.7 Å². The first-order valence-electron chi connectivity index (χ1n) is 8.66. The molecule has 0 aliphatic rings. The number of carbonyl (C=O) groups is 2. The van der Waals surface area contributed by atoms with Gasteiger partial charge in [-0.2, -0.15) is 9.94 Å². The first-order valence-corrected chi connectivity index (χ1v) is 9.04. The van der Waals surface area contributed by atoms with E-state index in [1.807, 2.05) is 24.3 Å². The van der Waals surface area contributed by atoms with Crippen molar-refractivity contribution in [2.75, 3.05) is 11.9 Å². The number of aryl methyl sites for hydroxylation is 1. The first-order chi connectivity index (χ1) is 14.5. The van der Waals surface area contributed by atoms with E-state index in [9.17, 15) is 9.59 Å². The van der Waals surface area contributed by atoms with Gasteiger partial charge in [0.2, 0.25) is 0 Å². The van der Waals surface area contributed by atoms with Crippen molar-refractivity contribution >= 4 is 40.9 Å². The molecule has 3 aromatic rings. The van der Waals surface area contributed by atoms with Crippen molar-refractivity contribution in [3.05, 3.63) is 70.5 Å². The Morgan fingerprint density at radius 3 is 2.70 bits per heavy atom. The summed E-state index contributed by atoms with van der Waals surface area (Å²) in [5, 5.41) is 23.1. The molecule has 0 unspecified atom stereocenters. The average molecular weight is 423 g/mol. The number of ether oxygens (including phenoxy) is 1. The smallest absolute Gasteiger partial charge is 0.357 e. The number of hydrogen-bond donors (Lipinski definition) is 1. The van der Waals surface area contributed by atoms with Crippen LogP contribution in [0.3, 0.4) is 0 Å². The quantitative estimate of drug-likeness (QED) is 0.478. The fourth-order valence-electron chi connectivity index (χ4n) is 2.48. The Bertz CT molecular complexity index is 1150. The molecule has 0 radical (unpaired) electrons. The average Bonchev–Trinajstić information content (AvgIpc) is 3.16. The van der Waals surface area contributed by atoms with Gasteiger partial charge in [-0.05, 0) is 47.2 Å². The minimum Gasteiger partial charge on any atom is -0.451 e. The van der Waals surface area contributed by atoms with Crippen LogP contribution in [0.4, 0.5) is 5.69 Å². The molecular formula is C20H15ClN6O3. The maximum absolute atomic E-state index is 12.7. The number of carbonyl (C=O) groups excluding carboxylic acids is 2. The van der Waals surface area contributed by atoms with Crippen LogP contribution in [0.1, 0.15) is 17.0 Å². The van der Waals surface area contributed by atoms with E-state index in [0.717, 1.165) is 5.56 Å². The normalized spacial score (nSPS) is 10.9. The molecule has 150 valence electrons. The van der Waals surface area contributed by atoms with Gasteiger partial charge in [0.1, 0.15) is 6.07 Å². The Morgan fingerprint density at radius 1 is 1.27 bits per heavy atom. The Hall–Kier alpha value is -4.03. The van der Waals surface area contributed by atoms with Crippen molar-refractivity contribution in [1.29, 1.82) is 5.26 Å². The van der Waals surface area contributed by atoms with Crippen molar-refractivity contribution in [3.63, 3.8) is 0 Å². The van der Waals surface area contributed by atoms with Crippen LogP contribution >= 0.6 is 11.6 Å². The third-order valence-electron chi connectivity index (χ3n) is 3.88. The number of halogens is 1. The van der Waals surface area contributed by atoms with Gasteiger partial charge in [0, 0.05) is 5.02 Å². The molecule has 0 fully saturated rings. The predicted molar refractivity (Wildman–Crippen MR) is 109 cm³/mol. The second kappa shape index (κ2) is 9.45. The summed E-state index contributed by atoms with van der Waals surface area (Å²) in [5.41, 5.74) is 1.22. The van der Waals surface area contributed by atoms with Crippen LogP contribution in [0.5, 0.6) is 0 Å². The highest BCUT2D eigenvalue weighted by Crippen LogP contribution is 2.20. The highest BCUT2D eigenvalue weighted by atomic mass is 35.5. The maximum Gasteiger partial charge on any atom is 0.357 e. The molecule has 0 bridgehead atoms. The van der Waals surface area contributed by atoms with Gasteiger partial charge in [0.25, 0.3) is 5.91 Å². The van der Waals surface area contributed by atoms with Gasteiger partial charge in [-0.25, -0.2) is 4.79 Å². The van der Waals surface area contributed by atoms with Crippen LogP contribution < -0.4 is 5.32 Å². The van der Waals surface area contributed by atoms with Gasteiger partial charge in [-0.1, -0.05) is 41.9 Å². The molecule has 0 aliphatic heterocycles. The zero-order valence-corrected chi connectivity index (χ0v) is 16.5. The predicted octanol–water partition coefficient (Wildman–Crippen LogP) is 2.69. The van der Waals surface area contributed by atoms with Crippen LogP contribution in [0.25, 0.3) is 11.8 Å². The lowest BCUT2D eigenvalue weighted by Gasteiger charge is -2.10. The third-order valence-corrected chi connectivity index (χ3v) is 4.11. The minimum absolute atomic E-state index is 0.0389. The second-order valence-electron chi connectivity index (χ2n) is 6.00. The summed E-state index contributed by atoms with van der Waals surface area (Å²) < 4.78 is 6.36. The van der Waals surface area contributed by atoms with Crippen LogP contribution in [0.15, 0.2) is 48.5 Å². The molecule has 0 aliphatic carbocycles. The first kappa shape index (κ1) is 20.7. The van der Waals surface area contributed by atoms with Crippen molar-refractivity contribution < 1.29 is 14.3 Å². The van der Waals surface area contributed by atoms with Crippen molar-refractivity contribution in [2.24, 2.45) is 0 Å². The van der Waals surface area contributed by atoms with E-state index in [1.165, 1.54) is 22.9 Å². The van der Waals surface area contributed by atoms with E-state index < -0.39 is 18.5 Å². The van der Waals surface area contributed by atoms with E-state index in [-0.39, 0.29) is 16.9 Å². The van der Waals surface area contributed by atoms with Gasteiger partial charge in [-0.3, -0.25) is 4.79 Å². The van der Waals surface area contributed by atoms with E-state index in [0.29, 0.717) is 10.8 Å². The lowest BCUT2D eigenvalue weighted by molar-refractivity contribution is -0.141. The molecule has 0 saturated heterocycles. The molecule has 9 nitrogen and oxygen atoms in total. The highest BCUT2D eigenvalue weighted by molar-refractivity contribution is 6.31. The number of hydrogen-bond acceptors (Lipinski definition) is 7. The van der Waals surface area contributed by atoms with Crippen molar-refractivity contribution in [1.82, 2.24) is 20.2 Å². The fourth-order valence-corrected chi connectivity index (χ4v) is 2.65. The van der Waals surface area contributed by atoms with E-state index >= 15 is 0 Å². The monoisotopic (exact) mass is 422 g/mol. The standard InChI is InChI=1S/C20H15ClN6O3/c1-13-24-25-26-27(13)18(9-14-5-3-2-4-6-14)20(29)30-12-19(28)23-17-10-16(21)8-7-15(17)11-22/h2-10H,12H2,1H3,(H,23,28). The number of nitrogens with zero attached hydrogens (tertiary/aromatic N) is 5. The Morgan fingerprint density at radius 2 is 2.03 bits per heavy atom. The number of esters is 1. The van der Waals surface area contributed by atoms with Gasteiger partial charge >= 0.3 is 5.97 Å². The topological polar surface area (TPSA) is 123 Å². The molecule has 30 heavy (non-hydrogen) atoms. The molecular weight excluding hydrogens is 408 g/mol. The molecule has 0 spiro atoms. The lowest BCUT2D eigenvalue weighted by atomic mass is 10.2. The molecule has 10 heteroatoms. The number of nitrogens with one attached hydrogen (secondary N) is 1. The van der Waals surface area contributed by atoms with Gasteiger partial charge in [-0.15, -0.1) is 5.10 Å². The summed E-state index contributed by atoms with van der Waals surface area (Å²) in [6.07, 6.45) is 1.55. The summed E-state index contributed by atoms with van der Waals surface area (Å²) in [7, 11) is 0. The molecule has 1 amide bonds. The Balaban J connectivity index is 1.75. The zero-order chi connectivity index (χ0) is 21.5. The molecule has 0 atom stereocenters. The number of tetrazole rings is 1. The summed E-state index contributed by atoms with van der Waals surface area (Å²) in [4.78, 5) is 24.9. The van der Waals surface area contributed by atoms with Gasteiger partial charge < -0.3 is 10.1 Å². The number of amides is 1. The number of benzene rings is 2. The summed E-state index contributed by atoms with van der Waals surface area (Å²) in [5.74, 6) is -1.05. The molecule has 3 rings (SSSR count). The summed E-state index contributed by atoms with van der Waals surface area (Å²) >= 11 is 5.90. The number of rotatable bonds is 6. The molecule has 1 heterocycles. The van der Waals surface area contributed by atoms with Crippen LogP contribution in [0, 0.1) is 18.3 Å². The molecule has 1 N–H and O–H groups in total. The number of aromatic nitrogens is 4. The highest BCUT2D eigenvalue weighted by Gasteiger charge is 2.19. The molecule has 0 saturated carbocycles. The van der Waals surface area contributed by atoms with Gasteiger partial charge in [0.15, 0.2) is 18.1 Å². The molecule has 1 aromatic heterocycles. The molecule has 2 aromatic carbocycles. The summed E-state index contributed by atoms with van der Waals surface area (Å²) in [6, 6.07) is 15.4. The number of anilines is 1. The van der Waals surface area contributed by atoms with Crippen molar-refractivity contribution in [2.45, 2.75) is 6.92 Å². The summed E-state index contributed by atoms with van der Waals surface area (Å²) in [6.45, 7) is 1.05. The Labute approximate surface area is 176 Å². The van der Waals surface area contributed by atoms with E-state index in [1.54, 1.807) is 25.1 Å². The second-order valence-corrected chi connectivity index (χ2v) is 6.44. The Kier molecular flexibility index (Phi) is 6.52. The van der Waals surface area contributed by atoms with Crippen LogP contribution in [-0.2, 0) is 14.3 Å². The van der Waals surface area contributed by atoms with E-state index in [2.05, 4.69) is 20.8 Å². The van der Waals surface area contributed by atoms with Gasteiger partial charge in [0.05, 0.1) is 11.3 Å². The lowest BCUT2D eigenvalue weighted by Crippen LogP contribution is -2.23. The van der Waals surface area contributed by atoms with E-state index in [4.69, 9.17) is 21.6 Å². The maximum atomic E-state index is 12.7. The largest absolute Gasteiger partial charge is 0.451 e.